The fourth-order valence-electron chi connectivity index (χ4n) is 3.07. The van der Waals surface area contributed by atoms with Crippen molar-refractivity contribution in [3.05, 3.63) is 58.2 Å². The van der Waals surface area contributed by atoms with E-state index in [4.69, 9.17) is 5.11 Å². The molecule has 0 radical (unpaired) electrons. The molecule has 1 saturated carbocycles. The van der Waals surface area contributed by atoms with Crippen LogP contribution in [0.2, 0.25) is 0 Å². The highest BCUT2D eigenvalue weighted by Crippen LogP contribution is 2.46. The second kappa shape index (κ2) is 6.42. The predicted molar refractivity (Wildman–Crippen MR) is 87.7 cm³/mol. The second-order valence-electron chi connectivity index (χ2n) is 6.26. The average Bonchev–Trinajstić information content (AvgIpc) is 3.36. The van der Waals surface area contributed by atoms with Crippen LogP contribution in [0.4, 0.5) is 4.39 Å². The fourth-order valence-corrected chi connectivity index (χ4v) is 3.07. The van der Waals surface area contributed by atoms with Crippen molar-refractivity contribution >= 4 is 5.97 Å². The summed E-state index contributed by atoms with van der Waals surface area (Å²) in [6.45, 7) is 1.45. The lowest BCUT2D eigenvalue weighted by Crippen LogP contribution is -2.29. The Hall–Kier alpha value is -2.51. The van der Waals surface area contributed by atoms with E-state index in [1.807, 2.05) is 0 Å². The molecule has 3 rings (SSSR count). The molecule has 1 fully saturated rings. The van der Waals surface area contributed by atoms with Gasteiger partial charge in [0.25, 0.3) is 0 Å². The molecule has 7 heteroatoms. The van der Waals surface area contributed by atoms with Crippen LogP contribution in [0.15, 0.2) is 24.3 Å². The van der Waals surface area contributed by atoms with E-state index < -0.39 is 24.0 Å². The van der Waals surface area contributed by atoms with E-state index >= 15 is 0 Å². The summed E-state index contributed by atoms with van der Waals surface area (Å²) in [5.74, 6) is -2.15. The number of aromatic hydroxyl groups is 1. The summed E-state index contributed by atoms with van der Waals surface area (Å²) in [6, 6.07) is 6.30. The number of aromatic carboxylic acids is 1. The minimum atomic E-state index is -1.35. The van der Waals surface area contributed by atoms with Gasteiger partial charge in [0.1, 0.15) is 5.82 Å². The van der Waals surface area contributed by atoms with Gasteiger partial charge in [-0.15, -0.1) is 0 Å². The number of benzene rings is 1. The van der Waals surface area contributed by atoms with E-state index in [2.05, 4.69) is 10.3 Å². The standard InChI is InChI=1S/C18H19FN2O4/c1-10-13(14(9-22)16(23)15(21-10)17(24)25)8-20-18(6-7-18)11-2-4-12(19)5-3-11/h2-5,20,22-23H,6-9H2,1H3,(H,24,25). The number of carboxylic acids is 1. The third kappa shape index (κ3) is 3.20. The van der Waals surface area contributed by atoms with Gasteiger partial charge in [-0.2, -0.15) is 0 Å². The van der Waals surface area contributed by atoms with Crippen LogP contribution in [0.1, 0.15) is 45.7 Å². The molecule has 1 aromatic heterocycles. The number of hydrogen-bond donors (Lipinski definition) is 4. The molecule has 0 amide bonds. The van der Waals surface area contributed by atoms with Crippen LogP contribution in [0, 0.1) is 12.7 Å². The lowest BCUT2D eigenvalue weighted by Gasteiger charge is -2.21. The van der Waals surface area contributed by atoms with Crippen molar-refractivity contribution in [1.29, 1.82) is 0 Å². The topological polar surface area (TPSA) is 103 Å². The van der Waals surface area contributed by atoms with Gasteiger partial charge < -0.3 is 20.6 Å². The van der Waals surface area contributed by atoms with Crippen LogP contribution in [0.5, 0.6) is 5.75 Å². The number of aliphatic hydroxyl groups excluding tert-OH is 1. The number of nitrogens with one attached hydrogen (secondary N) is 1. The normalized spacial score (nSPS) is 15.2. The van der Waals surface area contributed by atoms with E-state index in [1.54, 1.807) is 19.1 Å². The highest BCUT2D eigenvalue weighted by molar-refractivity contribution is 5.89. The van der Waals surface area contributed by atoms with Crippen LogP contribution in [0.3, 0.4) is 0 Å². The van der Waals surface area contributed by atoms with E-state index in [-0.39, 0.29) is 16.9 Å². The summed E-state index contributed by atoms with van der Waals surface area (Å²) in [5, 5.41) is 32.1. The molecule has 0 bridgehead atoms. The zero-order valence-corrected chi connectivity index (χ0v) is 13.7. The summed E-state index contributed by atoms with van der Waals surface area (Å²) in [4.78, 5) is 15.1. The van der Waals surface area contributed by atoms with Gasteiger partial charge in [0.2, 0.25) is 0 Å². The number of carboxylic acid groups (broad SMARTS) is 1. The van der Waals surface area contributed by atoms with Gasteiger partial charge in [-0.25, -0.2) is 14.2 Å². The third-order valence-corrected chi connectivity index (χ3v) is 4.70. The molecule has 0 unspecified atom stereocenters. The van der Waals surface area contributed by atoms with Crippen LogP contribution in [-0.2, 0) is 18.7 Å². The van der Waals surface area contributed by atoms with Gasteiger partial charge >= 0.3 is 5.97 Å². The molecule has 2 aromatic rings. The molecule has 1 heterocycles. The van der Waals surface area contributed by atoms with Crippen LogP contribution >= 0.6 is 0 Å². The highest BCUT2D eigenvalue weighted by atomic mass is 19.1. The lowest BCUT2D eigenvalue weighted by molar-refractivity contribution is 0.0686. The largest absolute Gasteiger partial charge is 0.505 e. The summed E-state index contributed by atoms with van der Waals surface area (Å²) < 4.78 is 13.1. The predicted octanol–water partition coefficient (Wildman–Crippen LogP) is 2.20. The van der Waals surface area contributed by atoms with E-state index in [9.17, 15) is 19.4 Å². The van der Waals surface area contributed by atoms with Crippen LogP contribution in [0.25, 0.3) is 0 Å². The summed E-state index contributed by atoms with van der Waals surface area (Å²) in [5.41, 5.74) is 1.39. The molecule has 1 aliphatic carbocycles. The molecule has 0 atom stereocenters. The van der Waals surface area contributed by atoms with Crippen LogP contribution in [-0.4, -0.2) is 26.3 Å². The van der Waals surface area contributed by atoms with Crippen molar-refractivity contribution in [2.45, 2.75) is 38.5 Å². The first-order valence-corrected chi connectivity index (χ1v) is 7.94. The Labute approximate surface area is 144 Å². The Bertz CT molecular complexity index is 817. The zero-order chi connectivity index (χ0) is 18.2. The number of aryl methyl sites for hydroxylation is 1. The molecule has 0 spiro atoms. The van der Waals surface area contributed by atoms with E-state index in [0.29, 0.717) is 17.8 Å². The van der Waals surface area contributed by atoms with Gasteiger partial charge in [-0.3, -0.25) is 0 Å². The van der Waals surface area contributed by atoms with Gasteiger partial charge in [0.05, 0.1) is 6.61 Å². The highest BCUT2D eigenvalue weighted by Gasteiger charge is 2.44. The molecule has 0 saturated heterocycles. The molecular formula is C18H19FN2O4. The number of pyridine rings is 1. The van der Waals surface area contributed by atoms with Crippen molar-refractivity contribution in [3.63, 3.8) is 0 Å². The maximum atomic E-state index is 13.1. The summed E-state index contributed by atoms with van der Waals surface area (Å²) in [7, 11) is 0. The number of aromatic nitrogens is 1. The van der Waals surface area contributed by atoms with Gasteiger partial charge in [0.15, 0.2) is 11.4 Å². The molecular weight excluding hydrogens is 327 g/mol. The Morgan fingerprint density at radius 1 is 1.28 bits per heavy atom. The maximum absolute atomic E-state index is 13.1. The zero-order valence-electron chi connectivity index (χ0n) is 13.7. The monoisotopic (exact) mass is 346 g/mol. The minimum absolute atomic E-state index is 0.160. The number of carbonyl (C=O) groups is 1. The number of halogens is 1. The van der Waals surface area contributed by atoms with E-state index in [0.717, 1.165) is 18.4 Å². The first-order chi connectivity index (χ1) is 11.9. The SMILES string of the molecule is Cc1nc(C(=O)O)c(O)c(CO)c1CNC1(c2ccc(F)cc2)CC1. The van der Waals surface area contributed by atoms with Crippen molar-refractivity contribution in [2.75, 3.05) is 0 Å². The average molecular weight is 346 g/mol. The van der Waals surface area contributed by atoms with Crippen molar-refractivity contribution in [3.8, 4) is 5.75 Å². The summed E-state index contributed by atoms with van der Waals surface area (Å²) >= 11 is 0. The van der Waals surface area contributed by atoms with Crippen molar-refractivity contribution in [2.24, 2.45) is 0 Å². The first kappa shape index (κ1) is 17.3. The lowest BCUT2D eigenvalue weighted by atomic mass is 10.0. The first-order valence-electron chi connectivity index (χ1n) is 7.94. The Morgan fingerprint density at radius 2 is 1.92 bits per heavy atom. The van der Waals surface area contributed by atoms with Gasteiger partial charge in [0, 0.05) is 23.3 Å². The van der Waals surface area contributed by atoms with Crippen molar-refractivity contribution in [1.82, 2.24) is 10.3 Å². The molecule has 6 nitrogen and oxygen atoms in total. The Kier molecular flexibility index (Phi) is 4.45. The molecule has 132 valence electrons. The molecule has 4 N–H and O–H groups in total. The Morgan fingerprint density at radius 3 is 2.44 bits per heavy atom. The third-order valence-electron chi connectivity index (χ3n) is 4.70. The van der Waals surface area contributed by atoms with Crippen LogP contribution < -0.4 is 5.32 Å². The molecule has 0 aliphatic heterocycles. The smallest absolute Gasteiger partial charge is 0.358 e. The van der Waals surface area contributed by atoms with E-state index in [1.165, 1.54) is 12.1 Å². The Balaban J connectivity index is 1.87. The van der Waals surface area contributed by atoms with Gasteiger partial charge in [-0.1, -0.05) is 12.1 Å². The fraction of sp³-hybridized carbons (Fsp3) is 0.333. The van der Waals surface area contributed by atoms with Gasteiger partial charge in [-0.05, 0) is 43.0 Å². The number of aliphatic hydroxyl groups is 1. The molecule has 25 heavy (non-hydrogen) atoms. The quantitative estimate of drug-likeness (QED) is 0.639. The number of rotatable bonds is 6. The van der Waals surface area contributed by atoms with Crippen molar-refractivity contribution < 1.29 is 24.5 Å². The second-order valence-corrected chi connectivity index (χ2v) is 6.26. The maximum Gasteiger partial charge on any atom is 0.358 e. The number of nitrogens with zero attached hydrogens (tertiary/aromatic N) is 1. The number of hydrogen-bond acceptors (Lipinski definition) is 5. The molecule has 1 aromatic carbocycles. The minimum Gasteiger partial charge on any atom is -0.505 e. The summed E-state index contributed by atoms with van der Waals surface area (Å²) in [6.07, 6.45) is 1.78. The molecule has 1 aliphatic rings.